The van der Waals surface area contributed by atoms with E-state index in [2.05, 4.69) is 5.32 Å². The number of hydrogen-bond donors (Lipinski definition) is 1. The van der Waals surface area contributed by atoms with Crippen molar-refractivity contribution in [1.29, 1.82) is 0 Å². The Morgan fingerprint density at radius 2 is 1.77 bits per heavy atom. The summed E-state index contributed by atoms with van der Waals surface area (Å²) in [5, 5.41) is 14.0. The molecule has 0 saturated carbocycles. The molecule has 0 unspecified atom stereocenters. The van der Waals surface area contributed by atoms with Gasteiger partial charge in [-0.05, 0) is 43.2 Å². The SMILES string of the molecule is CCOCCCN1C(=O)C(Nc2ccccc2OC)=C(c2ccc([N+](=O)[O-])cc2)C1=O. The number of nitrogens with zero attached hydrogens (tertiary/aromatic N) is 2. The average Bonchev–Trinajstić information content (AvgIpc) is 3.01. The van der Waals surface area contributed by atoms with Gasteiger partial charge in [0.05, 0.1) is 23.3 Å². The van der Waals surface area contributed by atoms with Crippen LogP contribution in [0.15, 0.2) is 54.2 Å². The van der Waals surface area contributed by atoms with E-state index < -0.39 is 16.7 Å². The second-order valence-corrected chi connectivity index (χ2v) is 6.69. The molecular formula is C22H23N3O6. The predicted molar refractivity (Wildman–Crippen MR) is 114 cm³/mol. The molecule has 9 heteroatoms. The summed E-state index contributed by atoms with van der Waals surface area (Å²) in [6.45, 7) is 3.05. The number of amides is 2. The molecule has 0 fully saturated rings. The normalized spacial score (nSPS) is 13.7. The third-order valence-corrected chi connectivity index (χ3v) is 4.78. The van der Waals surface area contributed by atoms with Crippen LogP contribution in [0, 0.1) is 10.1 Å². The topological polar surface area (TPSA) is 111 Å². The van der Waals surface area contributed by atoms with Gasteiger partial charge in [0.25, 0.3) is 17.5 Å². The van der Waals surface area contributed by atoms with Crippen LogP contribution in [0.3, 0.4) is 0 Å². The van der Waals surface area contributed by atoms with Gasteiger partial charge in [-0.25, -0.2) is 0 Å². The van der Waals surface area contributed by atoms with Crippen molar-refractivity contribution >= 4 is 28.8 Å². The van der Waals surface area contributed by atoms with Crippen molar-refractivity contribution < 1.29 is 24.0 Å². The lowest BCUT2D eigenvalue weighted by Gasteiger charge is -2.15. The van der Waals surface area contributed by atoms with Crippen LogP contribution in [0.1, 0.15) is 18.9 Å². The van der Waals surface area contributed by atoms with Gasteiger partial charge in [-0.2, -0.15) is 0 Å². The first-order valence-electron chi connectivity index (χ1n) is 9.81. The van der Waals surface area contributed by atoms with Gasteiger partial charge in [0, 0.05) is 31.9 Å². The number of benzene rings is 2. The number of para-hydroxylation sites is 2. The summed E-state index contributed by atoms with van der Waals surface area (Å²) in [6, 6.07) is 12.6. The molecule has 2 aromatic carbocycles. The highest BCUT2D eigenvalue weighted by atomic mass is 16.6. The van der Waals surface area contributed by atoms with Crippen molar-refractivity contribution in [1.82, 2.24) is 4.90 Å². The number of hydrogen-bond acceptors (Lipinski definition) is 7. The summed E-state index contributed by atoms with van der Waals surface area (Å²) in [7, 11) is 1.51. The van der Waals surface area contributed by atoms with Gasteiger partial charge in [-0.3, -0.25) is 24.6 Å². The van der Waals surface area contributed by atoms with E-state index in [9.17, 15) is 19.7 Å². The number of rotatable bonds is 10. The molecule has 1 heterocycles. The van der Waals surface area contributed by atoms with Crippen molar-refractivity contribution in [3.8, 4) is 5.75 Å². The highest BCUT2D eigenvalue weighted by Gasteiger charge is 2.39. The van der Waals surface area contributed by atoms with E-state index in [0.717, 1.165) is 4.90 Å². The Labute approximate surface area is 179 Å². The smallest absolute Gasteiger partial charge is 0.278 e. The molecule has 0 atom stereocenters. The summed E-state index contributed by atoms with van der Waals surface area (Å²) in [5.41, 5.74) is 1.08. The third-order valence-electron chi connectivity index (χ3n) is 4.78. The van der Waals surface area contributed by atoms with Crippen LogP contribution in [-0.2, 0) is 14.3 Å². The molecule has 3 rings (SSSR count). The number of nitro groups is 1. The number of anilines is 1. The number of carbonyl (C=O) groups is 2. The average molecular weight is 425 g/mol. The van der Waals surface area contributed by atoms with Gasteiger partial charge in [0.2, 0.25) is 0 Å². The van der Waals surface area contributed by atoms with Gasteiger partial charge in [-0.1, -0.05) is 12.1 Å². The van der Waals surface area contributed by atoms with Crippen molar-refractivity contribution in [3.05, 3.63) is 69.9 Å². The molecule has 0 saturated heterocycles. The molecule has 9 nitrogen and oxygen atoms in total. The number of nitrogens with one attached hydrogen (secondary N) is 1. The molecule has 1 aliphatic heterocycles. The van der Waals surface area contributed by atoms with E-state index in [1.54, 1.807) is 24.3 Å². The molecule has 1 N–H and O–H groups in total. The van der Waals surface area contributed by atoms with Crippen LogP contribution in [0.2, 0.25) is 0 Å². The number of non-ortho nitro benzene ring substituents is 1. The first kappa shape index (κ1) is 22.0. The van der Waals surface area contributed by atoms with E-state index in [0.29, 0.717) is 36.6 Å². The van der Waals surface area contributed by atoms with Crippen molar-refractivity contribution in [2.45, 2.75) is 13.3 Å². The van der Waals surface area contributed by atoms with Gasteiger partial charge < -0.3 is 14.8 Å². The summed E-state index contributed by atoms with van der Waals surface area (Å²) < 4.78 is 10.6. The fourth-order valence-electron chi connectivity index (χ4n) is 3.26. The molecular weight excluding hydrogens is 402 g/mol. The second-order valence-electron chi connectivity index (χ2n) is 6.69. The first-order valence-corrected chi connectivity index (χ1v) is 9.81. The lowest BCUT2D eigenvalue weighted by atomic mass is 10.0. The highest BCUT2D eigenvalue weighted by Crippen LogP contribution is 2.33. The molecule has 0 aromatic heterocycles. The lowest BCUT2D eigenvalue weighted by Crippen LogP contribution is -2.34. The minimum atomic E-state index is -0.520. The molecule has 162 valence electrons. The molecule has 0 radical (unpaired) electrons. The molecule has 2 aromatic rings. The maximum absolute atomic E-state index is 13.2. The highest BCUT2D eigenvalue weighted by molar-refractivity contribution is 6.36. The maximum Gasteiger partial charge on any atom is 0.278 e. The Bertz CT molecular complexity index is 1020. The number of carbonyl (C=O) groups excluding carboxylic acids is 2. The summed E-state index contributed by atoms with van der Waals surface area (Å²) >= 11 is 0. The molecule has 1 aliphatic rings. The minimum absolute atomic E-state index is 0.0970. The maximum atomic E-state index is 13.2. The molecule has 0 spiro atoms. The van der Waals surface area contributed by atoms with E-state index in [1.807, 2.05) is 6.92 Å². The number of methoxy groups -OCH3 is 1. The van der Waals surface area contributed by atoms with Crippen LogP contribution in [0.4, 0.5) is 11.4 Å². The van der Waals surface area contributed by atoms with Crippen LogP contribution in [0.25, 0.3) is 5.57 Å². The quantitative estimate of drug-likeness (QED) is 0.269. The first-order chi connectivity index (χ1) is 15.0. The Morgan fingerprint density at radius 3 is 2.42 bits per heavy atom. The molecule has 31 heavy (non-hydrogen) atoms. The zero-order chi connectivity index (χ0) is 22.4. The van der Waals surface area contributed by atoms with E-state index in [1.165, 1.54) is 31.4 Å². The standard InChI is InChI=1S/C22H23N3O6/c1-3-31-14-6-13-24-21(26)19(15-9-11-16(12-10-15)25(28)29)20(22(24)27)23-17-7-4-5-8-18(17)30-2/h4-5,7-12,23H,3,6,13-14H2,1-2H3. The zero-order valence-electron chi connectivity index (χ0n) is 17.3. The van der Waals surface area contributed by atoms with E-state index >= 15 is 0 Å². The Kier molecular flexibility index (Phi) is 6.99. The molecule has 0 bridgehead atoms. The third kappa shape index (κ3) is 4.72. The van der Waals surface area contributed by atoms with Crippen LogP contribution < -0.4 is 10.1 Å². The van der Waals surface area contributed by atoms with Crippen molar-refractivity contribution in [2.24, 2.45) is 0 Å². The van der Waals surface area contributed by atoms with Crippen LogP contribution in [-0.4, -0.2) is 48.5 Å². The second kappa shape index (κ2) is 9.86. The lowest BCUT2D eigenvalue weighted by molar-refractivity contribution is -0.384. The van der Waals surface area contributed by atoms with Gasteiger partial charge in [-0.15, -0.1) is 0 Å². The summed E-state index contributed by atoms with van der Waals surface area (Å²) in [5.74, 6) is -0.429. The Morgan fingerprint density at radius 1 is 1.06 bits per heavy atom. The number of ether oxygens (including phenoxy) is 2. The Balaban J connectivity index is 1.99. The van der Waals surface area contributed by atoms with Crippen LogP contribution >= 0.6 is 0 Å². The predicted octanol–water partition coefficient (Wildman–Crippen LogP) is 3.22. The van der Waals surface area contributed by atoms with Crippen molar-refractivity contribution in [3.63, 3.8) is 0 Å². The van der Waals surface area contributed by atoms with Crippen molar-refractivity contribution in [2.75, 3.05) is 32.2 Å². The zero-order valence-corrected chi connectivity index (χ0v) is 17.3. The molecule has 2 amide bonds. The van der Waals surface area contributed by atoms with E-state index in [-0.39, 0.29) is 23.5 Å². The molecule has 0 aliphatic carbocycles. The fourth-order valence-corrected chi connectivity index (χ4v) is 3.26. The summed E-state index contributed by atoms with van der Waals surface area (Å²) in [6.07, 6.45) is 0.501. The Hall–Kier alpha value is -3.72. The fraction of sp³-hybridized carbons (Fsp3) is 0.273. The monoisotopic (exact) mass is 425 g/mol. The van der Waals surface area contributed by atoms with E-state index in [4.69, 9.17) is 9.47 Å². The van der Waals surface area contributed by atoms with Gasteiger partial charge in [0.15, 0.2) is 0 Å². The number of nitro benzene ring substituents is 1. The largest absolute Gasteiger partial charge is 0.495 e. The van der Waals surface area contributed by atoms with Crippen LogP contribution in [0.5, 0.6) is 5.75 Å². The number of imide groups is 1. The van der Waals surface area contributed by atoms with Gasteiger partial charge >= 0.3 is 0 Å². The van der Waals surface area contributed by atoms with Gasteiger partial charge in [0.1, 0.15) is 11.4 Å². The summed E-state index contributed by atoms with van der Waals surface area (Å²) in [4.78, 5) is 37.9. The minimum Gasteiger partial charge on any atom is -0.495 e.